The molecule has 19 heavy (non-hydrogen) atoms. The molecule has 7 heteroatoms. The summed E-state index contributed by atoms with van der Waals surface area (Å²) in [6.07, 6.45) is 1.68. The number of nitrogens with zero attached hydrogens (tertiary/aromatic N) is 1. The highest BCUT2D eigenvalue weighted by molar-refractivity contribution is 9.10. The Bertz CT molecular complexity index is 585. The van der Waals surface area contributed by atoms with E-state index in [2.05, 4.69) is 20.9 Å². The van der Waals surface area contributed by atoms with E-state index in [0.29, 0.717) is 11.3 Å². The highest BCUT2D eigenvalue weighted by atomic mass is 79.9. The molecule has 0 fully saturated rings. The maximum absolute atomic E-state index is 13.1. The van der Waals surface area contributed by atoms with Gasteiger partial charge in [0.15, 0.2) is 0 Å². The monoisotopic (exact) mass is 341 g/mol. The molecule has 2 aromatic rings. The average molecular weight is 342 g/mol. The first kappa shape index (κ1) is 14.5. The number of pyridine rings is 1. The Balaban J connectivity index is 2.18. The second-order valence-electron chi connectivity index (χ2n) is 3.80. The summed E-state index contributed by atoms with van der Waals surface area (Å²) in [4.78, 5) is 4.20. The lowest BCUT2D eigenvalue weighted by molar-refractivity contribution is 0.425. The van der Waals surface area contributed by atoms with Gasteiger partial charge in [0, 0.05) is 16.4 Å². The maximum atomic E-state index is 13.1. The van der Waals surface area contributed by atoms with Crippen molar-refractivity contribution in [3.63, 3.8) is 0 Å². The fraction of sp³-hybridized carbons (Fsp3) is 0.0833. The smallest absolute Gasteiger partial charge is 0.423 e. The molecule has 0 aliphatic carbocycles. The average Bonchev–Trinajstić information content (AvgIpc) is 2.38. The van der Waals surface area contributed by atoms with E-state index in [1.807, 2.05) is 12.1 Å². The minimum atomic E-state index is -1.68. The molecule has 0 unspecified atom stereocenters. The summed E-state index contributed by atoms with van der Waals surface area (Å²) in [6, 6.07) is 7.67. The van der Waals surface area contributed by atoms with Gasteiger partial charge in [-0.1, -0.05) is 6.07 Å². The Morgan fingerprint density at radius 3 is 2.79 bits per heavy atom. The fourth-order valence-electron chi connectivity index (χ4n) is 1.56. The molecule has 3 nitrogen and oxygen atoms in total. The summed E-state index contributed by atoms with van der Waals surface area (Å²) >= 11 is 4.82. The van der Waals surface area contributed by atoms with Crippen LogP contribution in [0.1, 0.15) is 5.56 Å². The SMILES string of the molecule is OB(O)c1cc(F)ccc1CSc1ncccc1Br. The van der Waals surface area contributed by atoms with Gasteiger partial charge >= 0.3 is 7.12 Å². The van der Waals surface area contributed by atoms with E-state index in [1.54, 1.807) is 12.3 Å². The molecule has 0 atom stereocenters. The first-order valence-electron chi connectivity index (χ1n) is 5.45. The molecule has 0 bridgehead atoms. The van der Waals surface area contributed by atoms with E-state index in [0.717, 1.165) is 15.6 Å². The van der Waals surface area contributed by atoms with Gasteiger partial charge in [-0.25, -0.2) is 9.37 Å². The minimum Gasteiger partial charge on any atom is -0.423 e. The maximum Gasteiger partial charge on any atom is 0.488 e. The predicted molar refractivity (Wildman–Crippen MR) is 77.7 cm³/mol. The summed E-state index contributed by atoms with van der Waals surface area (Å²) in [7, 11) is -1.68. The van der Waals surface area contributed by atoms with Crippen molar-refractivity contribution in [1.82, 2.24) is 4.98 Å². The van der Waals surface area contributed by atoms with Crippen LogP contribution in [0.3, 0.4) is 0 Å². The molecule has 1 heterocycles. The molecule has 98 valence electrons. The van der Waals surface area contributed by atoms with E-state index in [1.165, 1.54) is 17.8 Å². The zero-order valence-corrected chi connectivity index (χ0v) is 12.2. The molecule has 0 saturated carbocycles. The summed E-state index contributed by atoms with van der Waals surface area (Å²) in [5.41, 5.74) is 0.846. The Kier molecular flexibility index (Phi) is 4.98. The van der Waals surface area contributed by atoms with Crippen LogP contribution in [-0.2, 0) is 5.75 Å². The van der Waals surface area contributed by atoms with E-state index in [-0.39, 0.29) is 5.46 Å². The van der Waals surface area contributed by atoms with Crippen LogP contribution < -0.4 is 5.46 Å². The highest BCUT2D eigenvalue weighted by Gasteiger charge is 2.17. The number of rotatable bonds is 4. The zero-order chi connectivity index (χ0) is 13.8. The Morgan fingerprint density at radius 2 is 2.11 bits per heavy atom. The third-order valence-electron chi connectivity index (χ3n) is 2.48. The number of hydrogen-bond acceptors (Lipinski definition) is 4. The number of aromatic nitrogens is 1. The third kappa shape index (κ3) is 3.79. The van der Waals surface area contributed by atoms with Gasteiger partial charge in [-0.2, -0.15) is 0 Å². The summed E-state index contributed by atoms with van der Waals surface area (Å²) in [5, 5.41) is 19.3. The first-order valence-corrected chi connectivity index (χ1v) is 7.23. The first-order chi connectivity index (χ1) is 9.08. The lowest BCUT2D eigenvalue weighted by atomic mass is 9.77. The van der Waals surface area contributed by atoms with Crippen molar-refractivity contribution >= 4 is 40.3 Å². The molecule has 0 saturated heterocycles. The number of halogens is 2. The van der Waals surface area contributed by atoms with Gasteiger partial charge in [0.05, 0.1) is 0 Å². The third-order valence-corrected chi connectivity index (χ3v) is 4.43. The molecule has 1 aromatic heterocycles. The van der Waals surface area contributed by atoms with Crippen LogP contribution in [0.2, 0.25) is 0 Å². The Hall–Kier alpha value is -0.885. The number of thioether (sulfide) groups is 1. The number of benzene rings is 1. The van der Waals surface area contributed by atoms with Crippen molar-refractivity contribution in [2.45, 2.75) is 10.8 Å². The molecule has 2 rings (SSSR count). The molecule has 0 amide bonds. The zero-order valence-electron chi connectivity index (χ0n) is 9.75. The Morgan fingerprint density at radius 1 is 1.32 bits per heavy atom. The lowest BCUT2D eigenvalue weighted by Gasteiger charge is -2.09. The van der Waals surface area contributed by atoms with Crippen molar-refractivity contribution in [3.8, 4) is 0 Å². The largest absolute Gasteiger partial charge is 0.488 e. The second-order valence-corrected chi connectivity index (χ2v) is 5.61. The highest BCUT2D eigenvalue weighted by Crippen LogP contribution is 2.27. The van der Waals surface area contributed by atoms with E-state index in [4.69, 9.17) is 0 Å². The van der Waals surface area contributed by atoms with Crippen LogP contribution in [0.5, 0.6) is 0 Å². The van der Waals surface area contributed by atoms with Crippen LogP contribution in [0.4, 0.5) is 4.39 Å². The van der Waals surface area contributed by atoms with Crippen LogP contribution in [-0.4, -0.2) is 22.2 Å². The molecule has 0 aliphatic rings. The standard InChI is InChI=1S/C12H10BBrFNO2S/c14-11-2-1-5-16-12(11)19-7-8-3-4-9(15)6-10(8)13(17)18/h1-6,17-18H,7H2. The topological polar surface area (TPSA) is 53.4 Å². The molecular weight excluding hydrogens is 332 g/mol. The Labute approximate surface area is 123 Å². The van der Waals surface area contributed by atoms with E-state index in [9.17, 15) is 14.4 Å². The van der Waals surface area contributed by atoms with Crippen LogP contribution in [0, 0.1) is 5.82 Å². The van der Waals surface area contributed by atoms with Gasteiger partial charge in [-0.3, -0.25) is 0 Å². The van der Waals surface area contributed by atoms with Crippen LogP contribution in [0.15, 0.2) is 46.0 Å². The van der Waals surface area contributed by atoms with Crippen molar-refractivity contribution in [2.24, 2.45) is 0 Å². The van der Waals surface area contributed by atoms with Gasteiger partial charge in [0.2, 0.25) is 0 Å². The van der Waals surface area contributed by atoms with Gasteiger partial charge in [-0.15, -0.1) is 11.8 Å². The minimum absolute atomic E-state index is 0.180. The molecular formula is C12H10BBrFNO2S. The van der Waals surface area contributed by atoms with E-state index >= 15 is 0 Å². The van der Waals surface area contributed by atoms with Gasteiger partial charge in [0.25, 0.3) is 0 Å². The molecule has 1 aromatic carbocycles. The fourth-order valence-corrected chi connectivity index (χ4v) is 3.06. The molecule has 2 N–H and O–H groups in total. The van der Waals surface area contributed by atoms with Crippen LogP contribution in [0.25, 0.3) is 0 Å². The van der Waals surface area contributed by atoms with Crippen molar-refractivity contribution in [1.29, 1.82) is 0 Å². The second kappa shape index (κ2) is 6.52. The van der Waals surface area contributed by atoms with Crippen molar-refractivity contribution in [2.75, 3.05) is 0 Å². The van der Waals surface area contributed by atoms with Gasteiger partial charge in [0.1, 0.15) is 10.8 Å². The van der Waals surface area contributed by atoms with E-state index < -0.39 is 12.9 Å². The molecule has 0 spiro atoms. The van der Waals surface area contributed by atoms with Gasteiger partial charge < -0.3 is 10.0 Å². The number of hydrogen-bond donors (Lipinski definition) is 2. The predicted octanol–water partition coefficient (Wildman–Crippen LogP) is 1.96. The summed E-state index contributed by atoms with van der Waals surface area (Å²) in [6.45, 7) is 0. The summed E-state index contributed by atoms with van der Waals surface area (Å²) in [5.74, 6) is -0.0149. The lowest BCUT2D eigenvalue weighted by Crippen LogP contribution is -2.33. The van der Waals surface area contributed by atoms with Gasteiger partial charge in [-0.05, 0) is 51.2 Å². The molecule has 0 aliphatic heterocycles. The van der Waals surface area contributed by atoms with Crippen LogP contribution >= 0.6 is 27.7 Å². The molecule has 0 radical (unpaired) electrons. The summed E-state index contributed by atoms with van der Waals surface area (Å²) < 4.78 is 14.0. The van der Waals surface area contributed by atoms with Crippen molar-refractivity contribution < 1.29 is 14.4 Å². The quantitative estimate of drug-likeness (QED) is 0.659. The van der Waals surface area contributed by atoms with Crippen molar-refractivity contribution in [3.05, 3.63) is 52.4 Å². The normalized spacial score (nSPS) is 10.5.